The summed E-state index contributed by atoms with van der Waals surface area (Å²) in [5.41, 5.74) is 1.02. The third kappa shape index (κ3) is 3.87. The maximum Gasteiger partial charge on any atom is 0.123 e. The van der Waals surface area contributed by atoms with Gasteiger partial charge in [0.05, 0.1) is 0 Å². The lowest BCUT2D eigenvalue weighted by Gasteiger charge is -2.19. The Kier molecular flexibility index (Phi) is 5.99. The Morgan fingerprint density at radius 2 is 2.12 bits per heavy atom. The number of rotatable bonds is 6. The van der Waals surface area contributed by atoms with E-state index in [1.807, 2.05) is 0 Å². The maximum absolute atomic E-state index is 13.2. The summed E-state index contributed by atoms with van der Waals surface area (Å²) < 4.78 is 14.2. The minimum absolute atomic E-state index is 0.169. The second-order valence-electron chi connectivity index (χ2n) is 3.92. The highest BCUT2D eigenvalue weighted by Gasteiger charge is 2.13. The van der Waals surface area contributed by atoms with E-state index in [1.165, 1.54) is 6.07 Å². The first-order valence-electron chi connectivity index (χ1n) is 5.87. The van der Waals surface area contributed by atoms with Gasteiger partial charge in [0.2, 0.25) is 0 Å². The average molecular weight is 288 g/mol. The Morgan fingerprint density at radius 3 is 2.75 bits per heavy atom. The highest BCUT2D eigenvalue weighted by molar-refractivity contribution is 9.10. The Morgan fingerprint density at radius 1 is 1.38 bits per heavy atom. The zero-order chi connectivity index (χ0) is 12.0. The van der Waals surface area contributed by atoms with Crippen LogP contribution < -0.4 is 5.32 Å². The second-order valence-corrected chi connectivity index (χ2v) is 4.77. The molecule has 16 heavy (non-hydrogen) atoms. The number of benzene rings is 1. The molecular formula is C13H19BrFN. The molecule has 1 rings (SSSR count). The van der Waals surface area contributed by atoms with Crippen LogP contribution in [0.2, 0.25) is 0 Å². The molecule has 0 amide bonds. The first kappa shape index (κ1) is 13.7. The standard InChI is InChI=1S/C13H19BrFN/c1-3-5-6-13(16-4-2)11-9-10(15)7-8-12(11)14/h7-9,13,16H,3-6H2,1-2H3. The van der Waals surface area contributed by atoms with E-state index >= 15 is 0 Å². The SMILES string of the molecule is CCCCC(NCC)c1cc(F)ccc1Br. The third-order valence-electron chi connectivity index (χ3n) is 2.63. The number of hydrogen-bond donors (Lipinski definition) is 1. The number of hydrogen-bond acceptors (Lipinski definition) is 1. The monoisotopic (exact) mass is 287 g/mol. The normalized spacial score (nSPS) is 12.8. The van der Waals surface area contributed by atoms with E-state index in [0.717, 1.165) is 35.8 Å². The van der Waals surface area contributed by atoms with Gasteiger partial charge in [-0.1, -0.05) is 42.6 Å². The zero-order valence-corrected chi connectivity index (χ0v) is 11.5. The lowest BCUT2D eigenvalue weighted by Crippen LogP contribution is -2.21. The van der Waals surface area contributed by atoms with Gasteiger partial charge < -0.3 is 5.32 Å². The summed E-state index contributed by atoms with van der Waals surface area (Å²) in [6, 6.07) is 5.12. The van der Waals surface area contributed by atoms with Crippen LogP contribution in [0.5, 0.6) is 0 Å². The Balaban J connectivity index is 2.85. The smallest absolute Gasteiger partial charge is 0.123 e. The van der Waals surface area contributed by atoms with Gasteiger partial charge in [-0.25, -0.2) is 4.39 Å². The van der Waals surface area contributed by atoms with Gasteiger partial charge in [-0.3, -0.25) is 0 Å². The van der Waals surface area contributed by atoms with Crippen LogP contribution in [0.3, 0.4) is 0 Å². The molecule has 1 atom stereocenters. The predicted octanol–water partition coefficient (Wildman–Crippen LogP) is 4.43. The van der Waals surface area contributed by atoms with Crippen LogP contribution in [0.4, 0.5) is 4.39 Å². The summed E-state index contributed by atoms with van der Waals surface area (Å²) in [6.45, 7) is 5.15. The molecule has 1 N–H and O–H groups in total. The number of halogens is 2. The van der Waals surface area contributed by atoms with Crippen LogP contribution in [-0.2, 0) is 0 Å². The van der Waals surface area contributed by atoms with Crippen molar-refractivity contribution in [2.24, 2.45) is 0 Å². The molecule has 1 aromatic rings. The maximum atomic E-state index is 13.2. The van der Waals surface area contributed by atoms with Crippen LogP contribution in [0.15, 0.2) is 22.7 Å². The molecule has 1 unspecified atom stereocenters. The van der Waals surface area contributed by atoms with Crippen LogP contribution >= 0.6 is 15.9 Å². The molecule has 0 aliphatic rings. The van der Waals surface area contributed by atoms with Gasteiger partial charge in [-0.15, -0.1) is 0 Å². The Bertz CT molecular complexity index is 328. The van der Waals surface area contributed by atoms with Crippen molar-refractivity contribution >= 4 is 15.9 Å². The fourth-order valence-corrected chi connectivity index (χ4v) is 2.33. The Labute approximate surface area is 106 Å². The first-order chi connectivity index (χ1) is 7.69. The van der Waals surface area contributed by atoms with Gasteiger partial charge in [-0.05, 0) is 36.7 Å². The molecule has 0 spiro atoms. The van der Waals surface area contributed by atoms with Crippen molar-refractivity contribution in [1.29, 1.82) is 0 Å². The molecule has 0 bridgehead atoms. The van der Waals surface area contributed by atoms with Crippen LogP contribution in [0.1, 0.15) is 44.7 Å². The van der Waals surface area contributed by atoms with Crippen molar-refractivity contribution in [1.82, 2.24) is 5.32 Å². The molecule has 0 saturated carbocycles. The van der Waals surface area contributed by atoms with Crippen LogP contribution in [0, 0.1) is 5.82 Å². The topological polar surface area (TPSA) is 12.0 Å². The summed E-state index contributed by atoms with van der Waals surface area (Å²) in [7, 11) is 0. The van der Waals surface area contributed by atoms with Crippen molar-refractivity contribution in [3.05, 3.63) is 34.1 Å². The highest BCUT2D eigenvalue weighted by Crippen LogP contribution is 2.27. The highest BCUT2D eigenvalue weighted by atomic mass is 79.9. The largest absolute Gasteiger partial charge is 0.310 e. The molecule has 0 aromatic heterocycles. The van der Waals surface area contributed by atoms with Crippen molar-refractivity contribution < 1.29 is 4.39 Å². The lowest BCUT2D eigenvalue weighted by molar-refractivity contribution is 0.490. The van der Waals surface area contributed by atoms with Crippen molar-refractivity contribution in [3.63, 3.8) is 0 Å². The molecule has 0 heterocycles. The minimum atomic E-state index is -0.169. The quantitative estimate of drug-likeness (QED) is 0.816. The molecular weight excluding hydrogens is 269 g/mol. The van der Waals surface area contributed by atoms with E-state index in [4.69, 9.17) is 0 Å². The van der Waals surface area contributed by atoms with E-state index in [1.54, 1.807) is 12.1 Å². The Hall–Kier alpha value is -0.410. The fraction of sp³-hybridized carbons (Fsp3) is 0.538. The summed E-state index contributed by atoms with van der Waals surface area (Å²) >= 11 is 3.49. The van der Waals surface area contributed by atoms with Crippen LogP contribution in [-0.4, -0.2) is 6.54 Å². The summed E-state index contributed by atoms with van der Waals surface area (Å²) in [4.78, 5) is 0. The zero-order valence-electron chi connectivity index (χ0n) is 9.89. The third-order valence-corrected chi connectivity index (χ3v) is 3.35. The van der Waals surface area contributed by atoms with Gasteiger partial charge in [-0.2, -0.15) is 0 Å². The molecule has 1 aromatic carbocycles. The van der Waals surface area contributed by atoms with Gasteiger partial charge in [0.1, 0.15) is 5.82 Å². The lowest BCUT2D eigenvalue weighted by atomic mass is 10.0. The van der Waals surface area contributed by atoms with Crippen molar-refractivity contribution in [2.45, 2.75) is 39.2 Å². The summed E-state index contributed by atoms with van der Waals surface area (Å²) in [5, 5.41) is 3.41. The van der Waals surface area contributed by atoms with Crippen molar-refractivity contribution in [3.8, 4) is 0 Å². The number of unbranched alkanes of at least 4 members (excludes halogenated alkanes) is 1. The van der Waals surface area contributed by atoms with Gasteiger partial charge in [0, 0.05) is 10.5 Å². The van der Waals surface area contributed by atoms with Crippen LogP contribution in [0.25, 0.3) is 0 Å². The molecule has 3 heteroatoms. The molecule has 0 radical (unpaired) electrons. The predicted molar refractivity (Wildman–Crippen MR) is 70.0 cm³/mol. The molecule has 90 valence electrons. The summed E-state index contributed by atoms with van der Waals surface area (Å²) in [5.74, 6) is -0.169. The molecule has 1 nitrogen and oxygen atoms in total. The molecule has 0 aliphatic heterocycles. The van der Waals surface area contributed by atoms with E-state index in [-0.39, 0.29) is 11.9 Å². The van der Waals surface area contributed by atoms with Gasteiger partial charge >= 0.3 is 0 Å². The van der Waals surface area contributed by atoms with Crippen molar-refractivity contribution in [2.75, 3.05) is 6.54 Å². The molecule has 0 aliphatic carbocycles. The van der Waals surface area contributed by atoms with Gasteiger partial charge in [0.25, 0.3) is 0 Å². The minimum Gasteiger partial charge on any atom is -0.310 e. The first-order valence-corrected chi connectivity index (χ1v) is 6.66. The summed E-state index contributed by atoms with van der Waals surface area (Å²) in [6.07, 6.45) is 3.36. The van der Waals surface area contributed by atoms with E-state index in [2.05, 4.69) is 35.1 Å². The average Bonchev–Trinajstić information content (AvgIpc) is 2.28. The van der Waals surface area contributed by atoms with E-state index in [9.17, 15) is 4.39 Å². The second kappa shape index (κ2) is 7.02. The van der Waals surface area contributed by atoms with E-state index in [0.29, 0.717) is 0 Å². The van der Waals surface area contributed by atoms with E-state index < -0.39 is 0 Å². The molecule has 0 saturated heterocycles. The fourth-order valence-electron chi connectivity index (χ4n) is 1.80. The number of nitrogens with one attached hydrogen (secondary N) is 1. The molecule has 0 fully saturated rings. The van der Waals surface area contributed by atoms with Gasteiger partial charge in [0.15, 0.2) is 0 Å².